The lowest BCUT2D eigenvalue weighted by Crippen LogP contribution is -2.51. The van der Waals surface area contributed by atoms with Crippen LogP contribution < -0.4 is 9.47 Å². The van der Waals surface area contributed by atoms with Crippen molar-refractivity contribution in [3.05, 3.63) is 58.7 Å². The number of aryl methyl sites for hydroxylation is 2. The summed E-state index contributed by atoms with van der Waals surface area (Å²) >= 11 is 0. The number of amides is 2. The Morgan fingerprint density at radius 3 is 2.10 bits per heavy atom. The third kappa shape index (κ3) is 4.70. The second-order valence-corrected chi connectivity index (χ2v) is 7.34. The van der Waals surface area contributed by atoms with Gasteiger partial charge in [-0.25, -0.2) is 0 Å². The average molecular weight is 396 g/mol. The van der Waals surface area contributed by atoms with Crippen LogP contribution in [0.15, 0.2) is 36.4 Å². The summed E-state index contributed by atoms with van der Waals surface area (Å²) in [7, 11) is 3.16. The number of nitrogens with zero attached hydrogens (tertiary/aromatic N) is 2. The molecule has 6 nitrogen and oxygen atoms in total. The van der Waals surface area contributed by atoms with Gasteiger partial charge in [-0.2, -0.15) is 0 Å². The Balaban J connectivity index is 1.58. The second kappa shape index (κ2) is 8.99. The highest BCUT2D eigenvalue weighted by Crippen LogP contribution is 2.28. The molecule has 0 atom stereocenters. The fourth-order valence-corrected chi connectivity index (χ4v) is 3.49. The molecule has 0 spiro atoms. The number of carbonyl (C=O) groups excluding carboxylic acids is 2. The first-order chi connectivity index (χ1) is 13.9. The van der Waals surface area contributed by atoms with Gasteiger partial charge in [0.15, 0.2) is 11.5 Å². The molecule has 2 aromatic rings. The van der Waals surface area contributed by atoms with Crippen molar-refractivity contribution in [3.8, 4) is 11.5 Å². The van der Waals surface area contributed by atoms with E-state index < -0.39 is 0 Å². The molecule has 0 aliphatic carbocycles. The largest absolute Gasteiger partial charge is 0.493 e. The Labute approximate surface area is 172 Å². The number of rotatable bonds is 5. The molecule has 0 bridgehead atoms. The minimum atomic E-state index is 0.0279. The first-order valence-corrected chi connectivity index (χ1v) is 9.78. The lowest BCUT2D eigenvalue weighted by Gasteiger charge is -2.35. The van der Waals surface area contributed by atoms with Crippen molar-refractivity contribution < 1.29 is 19.1 Å². The van der Waals surface area contributed by atoms with E-state index in [9.17, 15) is 9.59 Å². The maximum atomic E-state index is 12.8. The van der Waals surface area contributed by atoms with Gasteiger partial charge in [0.25, 0.3) is 5.91 Å². The second-order valence-electron chi connectivity index (χ2n) is 7.34. The van der Waals surface area contributed by atoms with Gasteiger partial charge >= 0.3 is 0 Å². The van der Waals surface area contributed by atoms with Crippen LogP contribution in [0.4, 0.5) is 0 Å². The van der Waals surface area contributed by atoms with Crippen LogP contribution in [0.2, 0.25) is 0 Å². The fourth-order valence-electron chi connectivity index (χ4n) is 3.49. The molecule has 6 heteroatoms. The predicted molar refractivity (Wildman–Crippen MR) is 112 cm³/mol. The monoisotopic (exact) mass is 396 g/mol. The molecule has 0 aromatic heterocycles. The fraction of sp³-hybridized carbons (Fsp3) is 0.391. The van der Waals surface area contributed by atoms with Crippen molar-refractivity contribution in [1.82, 2.24) is 9.80 Å². The van der Waals surface area contributed by atoms with Gasteiger partial charge in [0.05, 0.1) is 20.6 Å². The van der Waals surface area contributed by atoms with Crippen LogP contribution in [0.1, 0.15) is 27.0 Å². The van der Waals surface area contributed by atoms with Gasteiger partial charge in [-0.05, 0) is 54.8 Å². The van der Waals surface area contributed by atoms with Crippen LogP contribution >= 0.6 is 0 Å². The molecule has 29 heavy (non-hydrogen) atoms. The summed E-state index contributed by atoms with van der Waals surface area (Å²) in [5.41, 5.74) is 3.87. The highest BCUT2D eigenvalue weighted by atomic mass is 16.5. The first-order valence-electron chi connectivity index (χ1n) is 9.78. The molecule has 1 saturated heterocycles. The van der Waals surface area contributed by atoms with E-state index >= 15 is 0 Å². The summed E-state index contributed by atoms with van der Waals surface area (Å²) in [5.74, 6) is 1.33. The number of hydrogen-bond donors (Lipinski definition) is 0. The summed E-state index contributed by atoms with van der Waals surface area (Å²) in [6, 6.07) is 11.3. The molecule has 0 radical (unpaired) electrons. The quantitative estimate of drug-likeness (QED) is 0.780. The van der Waals surface area contributed by atoms with Gasteiger partial charge in [-0.3, -0.25) is 9.59 Å². The summed E-state index contributed by atoms with van der Waals surface area (Å²) in [4.78, 5) is 29.1. The molecule has 1 heterocycles. The van der Waals surface area contributed by atoms with Crippen LogP contribution in [0.25, 0.3) is 0 Å². The molecule has 0 N–H and O–H groups in total. The summed E-state index contributed by atoms with van der Waals surface area (Å²) in [6.45, 7) is 6.22. The molecular formula is C23H28N2O4. The number of carbonyl (C=O) groups is 2. The molecule has 0 unspecified atom stereocenters. The maximum absolute atomic E-state index is 12.8. The zero-order valence-electron chi connectivity index (χ0n) is 17.5. The lowest BCUT2D eigenvalue weighted by atomic mass is 10.1. The zero-order chi connectivity index (χ0) is 21.0. The molecule has 0 saturated carbocycles. The van der Waals surface area contributed by atoms with E-state index in [4.69, 9.17) is 9.47 Å². The van der Waals surface area contributed by atoms with Crippen LogP contribution in [-0.2, 0) is 11.2 Å². The third-order valence-corrected chi connectivity index (χ3v) is 5.48. The van der Waals surface area contributed by atoms with Gasteiger partial charge < -0.3 is 19.3 Å². The minimum Gasteiger partial charge on any atom is -0.493 e. The highest BCUT2D eigenvalue weighted by Gasteiger charge is 2.25. The smallest absolute Gasteiger partial charge is 0.253 e. The van der Waals surface area contributed by atoms with Crippen molar-refractivity contribution in [2.75, 3.05) is 40.4 Å². The summed E-state index contributed by atoms with van der Waals surface area (Å²) in [6.07, 6.45) is 0.297. The minimum absolute atomic E-state index is 0.0279. The van der Waals surface area contributed by atoms with Crippen molar-refractivity contribution in [1.29, 1.82) is 0 Å². The molecule has 154 valence electrons. The molecule has 3 rings (SSSR count). The molecule has 2 amide bonds. The average Bonchev–Trinajstić information content (AvgIpc) is 2.75. The van der Waals surface area contributed by atoms with E-state index in [-0.39, 0.29) is 11.8 Å². The number of benzene rings is 2. The predicted octanol–water partition coefficient (Wildman–Crippen LogP) is 2.85. The Morgan fingerprint density at radius 2 is 1.48 bits per heavy atom. The topological polar surface area (TPSA) is 59.1 Å². The Kier molecular flexibility index (Phi) is 6.42. The van der Waals surface area contributed by atoms with Crippen LogP contribution in [-0.4, -0.2) is 62.0 Å². The number of methoxy groups -OCH3 is 2. The third-order valence-electron chi connectivity index (χ3n) is 5.48. The maximum Gasteiger partial charge on any atom is 0.253 e. The van der Waals surface area contributed by atoms with E-state index in [1.54, 1.807) is 14.2 Å². The Hall–Kier alpha value is -3.02. The lowest BCUT2D eigenvalue weighted by molar-refractivity contribution is -0.131. The van der Waals surface area contributed by atoms with Gasteiger partial charge in [0.1, 0.15) is 0 Å². The standard InChI is InChI=1S/C23H28N2O4/c1-16-5-7-19(13-17(16)2)23(27)25-11-9-24(10-12-25)22(26)15-18-6-8-20(28-3)21(14-18)29-4/h5-8,13-14H,9-12,15H2,1-4H3. The Bertz CT molecular complexity index is 902. The van der Waals surface area contributed by atoms with Crippen molar-refractivity contribution in [2.45, 2.75) is 20.3 Å². The number of piperazine rings is 1. The van der Waals surface area contributed by atoms with Crippen molar-refractivity contribution in [3.63, 3.8) is 0 Å². The van der Waals surface area contributed by atoms with Crippen LogP contribution in [0, 0.1) is 13.8 Å². The van der Waals surface area contributed by atoms with E-state index in [1.807, 2.05) is 60.0 Å². The van der Waals surface area contributed by atoms with Crippen LogP contribution in [0.5, 0.6) is 11.5 Å². The van der Waals surface area contributed by atoms with Gasteiger partial charge in [0.2, 0.25) is 5.91 Å². The van der Waals surface area contributed by atoms with Gasteiger partial charge in [0, 0.05) is 31.7 Å². The molecule has 1 fully saturated rings. The van der Waals surface area contributed by atoms with Crippen LogP contribution in [0.3, 0.4) is 0 Å². The summed E-state index contributed by atoms with van der Waals surface area (Å²) in [5, 5.41) is 0. The molecule has 2 aromatic carbocycles. The molecule has 1 aliphatic heterocycles. The normalized spacial score (nSPS) is 13.9. The highest BCUT2D eigenvalue weighted by molar-refractivity contribution is 5.94. The first kappa shape index (κ1) is 20.7. The molecule has 1 aliphatic rings. The summed E-state index contributed by atoms with van der Waals surface area (Å²) < 4.78 is 10.5. The SMILES string of the molecule is COc1ccc(CC(=O)N2CCN(C(=O)c3ccc(C)c(C)c3)CC2)cc1OC. The van der Waals surface area contributed by atoms with Crippen molar-refractivity contribution in [2.24, 2.45) is 0 Å². The molecular weight excluding hydrogens is 368 g/mol. The van der Waals surface area contributed by atoms with Gasteiger partial charge in [-0.1, -0.05) is 12.1 Å². The van der Waals surface area contributed by atoms with E-state index in [0.717, 1.165) is 11.1 Å². The zero-order valence-corrected chi connectivity index (χ0v) is 17.5. The van der Waals surface area contributed by atoms with Crippen molar-refractivity contribution >= 4 is 11.8 Å². The van der Waals surface area contributed by atoms with Gasteiger partial charge in [-0.15, -0.1) is 0 Å². The van der Waals surface area contributed by atoms with E-state index in [1.165, 1.54) is 5.56 Å². The number of ether oxygens (including phenoxy) is 2. The Morgan fingerprint density at radius 1 is 0.828 bits per heavy atom. The van der Waals surface area contributed by atoms with E-state index in [2.05, 4.69) is 0 Å². The van der Waals surface area contributed by atoms with E-state index in [0.29, 0.717) is 49.7 Å². The number of hydrogen-bond acceptors (Lipinski definition) is 4.